The smallest absolute Gasteiger partial charge is 0.271 e. The van der Waals surface area contributed by atoms with Gasteiger partial charge in [0, 0.05) is 36.2 Å². The van der Waals surface area contributed by atoms with Crippen LogP contribution in [-0.2, 0) is 10.0 Å². The van der Waals surface area contributed by atoms with Crippen LogP contribution in [0.2, 0.25) is 0 Å². The number of halogens is 1. The molecule has 7 nitrogen and oxygen atoms in total. The van der Waals surface area contributed by atoms with E-state index in [1.807, 2.05) is 24.3 Å². The topological polar surface area (TPSA) is 86.4 Å². The fraction of sp³-hybridized carbons (Fsp3) is 0.200. The monoisotopic (exact) mass is 474 g/mol. The van der Waals surface area contributed by atoms with E-state index in [0.717, 1.165) is 10.0 Å². The van der Waals surface area contributed by atoms with Crippen molar-refractivity contribution in [1.82, 2.24) is 19.4 Å². The predicted octanol–water partition coefficient (Wildman–Crippen LogP) is 2.99. The number of sulfonamides is 1. The molecule has 0 radical (unpaired) electrons. The van der Waals surface area contributed by atoms with E-state index in [1.54, 1.807) is 41.3 Å². The van der Waals surface area contributed by atoms with Gasteiger partial charge in [0.25, 0.3) is 5.91 Å². The van der Waals surface area contributed by atoms with Crippen LogP contribution in [0.25, 0.3) is 11.3 Å². The van der Waals surface area contributed by atoms with E-state index < -0.39 is 10.0 Å². The predicted molar refractivity (Wildman–Crippen MR) is 113 cm³/mol. The zero-order valence-electron chi connectivity index (χ0n) is 15.5. The average molecular weight is 475 g/mol. The molecule has 0 bridgehead atoms. The van der Waals surface area contributed by atoms with E-state index in [4.69, 9.17) is 0 Å². The Bertz CT molecular complexity index is 1110. The highest BCUT2D eigenvalue weighted by molar-refractivity contribution is 9.10. The summed E-state index contributed by atoms with van der Waals surface area (Å²) >= 11 is 3.40. The number of hydrogen-bond acceptors (Lipinski definition) is 4. The minimum absolute atomic E-state index is 0.183. The number of benzene rings is 2. The minimum atomic E-state index is -3.54. The Morgan fingerprint density at radius 1 is 0.966 bits per heavy atom. The molecule has 3 aromatic rings. The van der Waals surface area contributed by atoms with E-state index in [9.17, 15) is 13.2 Å². The Morgan fingerprint density at radius 3 is 2.28 bits per heavy atom. The van der Waals surface area contributed by atoms with Crippen molar-refractivity contribution in [2.45, 2.75) is 4.90 Å². The lowest BCUT2D eigenvalue weighted by atomic mass is 10.1. The summed E-state index contributed by atoms with van der Waals surface area (Å²) in [5.74, 6) is -0.183. The SMILES string of the molecule is O=C(c1cc(-c2ccc(Br)cc2)n[nH]1)N1CCN(S(=O)(=O)c2ccccc2)CC1. The van der Waals surface area contributed by atoms with Gasteiger partial charge < -0.3 is 4.90 Å². The quantitative estimate of drug-likeness (QED) is 0.629. The molecule has 1 aromatic heterocycles. The Morgan fingerprint density at radius 2 is 1.62 bits per heavy atom. The van der Waals surface area contributed by atoms with Crippen LogP contribution in [0.5, 0.6) is 0 Å². The van der Waals surface area contributed by atoms with Crippen molar-refractivity contribution in [2.75, 3.05) is 26.2 Å². The molecule has 1 aliphatic rings. The summed E-state index contributed by atoms with van der Waals surface area (Å²) in [7, 11) is -3.54. The van der Waals surface area contributed by atoms with E-state index in [-0.39, 0.29) is 23.9 Å². The molecule has 0 spiro atoms. The van der Waals surface area contributed by atoms with Crippen molar-refractivity contribution in [2.24, 2.45) is 0 Å². The average Bonchev–Trinajstić information content (AvgIpc) is 3.25. The molecule has 1 amide bonds. The molecule has 1 aliphatic heterocycles. The normalized spacial score (nSPS) is 15.4. The molecule has 1 saturated heterocycles. The first-order valence-electron chi connectivity index (χ1n) is 9.11. The van der Waals surface area contributed by atoms with E-state index >= 15 is 0 Å². The third kappa shape index (κ3) is 4.12. The minimum Gasteiger partial charge on any atom is -0.335 e. The van der Waals surface area contributed by atoms with Gasteiger partial charge in [0.2, 0.25) is 10.0 Å². The maximum absolute atomic E-state index is 12.8. The number of piperazine rings is 1. The van der Waals surface area contributed by atoms with Crippen LogP contribution in [0.15, 0.2) is 70.0 Å². The number of carbonyl (C=O) groups excluding carboxylic acids is 1. The third-order valence-electron chi connectivity index (χ3n) is 4.86. The van der Waals surface area contributed by atoms with Crippen molar-refractivity contribution in [1.29, 1.82) is 0 Å². The first kappa shape index (κ1) is 19.8. The van der Waals surface area contributed by atoms with Crippen molar-refractivity contribution < 1.29 is 13.2 Å². The lowest BCUT2D eigenvalue weighted by Gasteiger charge is -2.33. The highest BCUT2D eigenvalue weighted by atomic mass is 79.9. The van der Waals surface area contributed by atoms with Gasteiger partial charge in [-0.1, -0.05) is 46.3 Å². The fourth-order valence-corrected chi connectivity index (χ4v) is 4.95. The van der Waals surface area contributed by atoms with Crippen LogP contribution < -0.4 is 0 Å². The molecular formula is C20H19BrN4O3S. The van der Waals surface area contributed by atoms with Gasteiger partial charge in [-0.3, -0.25) is 9.89 Å². The summed E-state index contributed by atoms with van der Waals surface area (Å²) in [6, 6.07) is 17.7. The van der Waals surface area contributed by atoms with Gasteiger partial charge >= 0.3 is 0 Å². The summed E-state index contributed by atoms with van der Waals surface area (Å²) in [5.41, 5.74) is 1.98. The molecule has 150 valence electrons. The lowest BCUT2D eigenvalue weighted by Crippen LogP contribution is -2.50. The van der Waals surface area contributed by atoms with E-state index in [1.165, 1.54) is 4.31 Å². The van der Waals surface area contributed by atoms with Gasteiger partial charge in [-0.2, -0.15) is 9.40 Å². The standard InChI is InChI=1S/C20H19BrN4O3S/c21-16-8-6-15(7-9-16)18-14-19(23-22-18)20(26)24-10-12-25(13-11-24)29(27,28)17-4-2-1-3-5-17/h1-9,14H,10-13H2,(H,22,23). The highest BCUT2D eigenvalue weighted by Crippen LogP contribution is 2.22. The van der Waals surface area contributed by atoms with Crippen LogP contribution in [0.4, 0.5) is 0 Å². The second kappa shape index (κ2) is 8.10. The van der Waals surface area contributed by atoms with Crippen LogP contribution in [-0.4, -0.2) is 59.9 Å². The first-order chi connectivity index (χ1) is 13.9. The fourth-order valence-electron chi connectivity index (χ4n) is 3.24. The number of H-pyrrole nitrogens is 1. The third-order valence-corrected chi connectivity index (χ3v) is 7.30. The maximum atomic E-state index is 12.8. The summed E-state index contributed by atoms with van der Waals surface area (Å²) in [6.45, 7) is 1.18. The molecule has 0 saturated carbocycles. The second-order valence-electron chi connectivity index (χ2n) is 6.68. The second-order valence-corrected chi connectivity index (χ2v) is 9.54. The van der Waals surface area contributed by atoms with E-state index in [2.05, 4.69) is 26.1 Å². The maximum Gasteiger partial charge on any atom is 0.271 e. The van der Waals surface area contributed by atoms with Gasteiger partial charge in [0.15, 0.2) is 0 Å². The Balaban J connectivity index is 1.43. The van der Waals surface area contributed by atoms with Crippen LogP contribution >= 0.6 is 15.9 Å². The largest absolute Gasteiger partial charge is 0.335 e. The highest BCUT2D eigenvalue weighted by Gasteiger charge is 2.30. The molecule has 2 heterocycles. The number of nitrogens with zero attached hydrogens (tertiary/aromatic N) is 3. The first-order valence-corrected chi connectivity index (χ1v) is 11.3. The van der Waals surface area contributed by atoms with Gasteiger partial charge in [-0.15, -0.1) is 0 Å². The number of amides is 1. The summed E-state index contributed by atoms with van der Waals surface area (Å²) in [5, 5.41) is 7.03. The molecule has 2 aromatic carbocycles. The van der Waals surface area contributed by atoms with Crippen molar-refractivity contribution >= 4 is 31.9 Å². The number of hydrogen-bond donors (Lipinski definition) is 1. The number of carbonyl (C=O) groups is 1. The van der Waals surface area contributed by atoms with Crippen molar-refractivity contribution in [3.05, 3.63) is 70.8 Å². The van der Waals surface area contributed by atoms with Crippen molar-refractivity contribution in [3.8, 4) is 11.3 Å². The van der Waals surface area contributed by atoms with Gasteiger partial charge in [-0.05, 0) is 30.3 Å². The Labute approximate surface area is 177 Å². The molecule has 29 heavy (non-hydrogen) atoms. The number of nitrogens with one attached hydrogen (secondary N) is 1. The zero-order valence-corrected chi connectivity index (χ0v) is 17.9. The molecule has 0 atom stereocenters. The van der Waals surface area contributed by atoms with Gasteiger partial charge in [0.1, 0.15) is 5.69 Å². The van der Waals surface area contributed by atoms with Crippen LogP contribution in [0, 0.1) is 0 Å². The van der Waals surface area contributed by atoms with Crippen LogP contribution in [0.3, 0.4) is 0 Å². The van der Waals surface area contributed by atoms with Crippen LogP contribution in [0.1, 0.15) is 10.5 Å². The Kier molecular flexibility index (Phi) is 5.53. The number of aromatic amines is 1. The van der Waals surface area contributed by atoms with Gasteiger partial charge in [0.05, 0.1) is 10.6 Å². The van der Waals surface area contributed by atoms with Crippen molar-refractivity contribution in [3.63, 3.8) is 0 Å². The molecular weight excluding hydrogens is 456 g/mol. The molecule has 0 aliphatic carbocycles. The lowest BCUT2D eigenvalue weighted by molar-refractivity contribution is 0.0692. The number of rotatable bonds is 4. The summed E-state index contributed by atoms with van der Waals surface area (Å²) in [6.07, 6.45) is 0. The molecule has 9 heteroatoms. The number of aromatic nitrogens is 2. The summed E-state index contributed by atoms with van der Waals surface area (Å²) in [4.78, 5) is 14.7. The summed E-state index contributed by atoms with van der Waals surface area (Å²) < 4.78 is 27.8. The molecule has 1 N–H and O–H groups in total. The zero-order chi connectivity index (χ0) is 20.4. The van der Waals surface area contributed by atoms with Gasteiger partial charge in [-0.25, -0.2) is 8.42 Å². The molecule has 1 fully saturated rings. The Hall–Kier alpha value is -2.49. The molecule has 0 unspecified atom stereocenters. The van der Waals surface area contributed by atoms with E-state index in [0.29, 0.717) is 24.5 Å². The molecule has 4 rings (SSSR count).